The molecule has 0 saturated carbocycles. The summed E-state index contributed by atoms with van der Waals surface area (Å²) in [6.45, 7) is 2.11. The molecule has 3 nitrogen and oxygen atoms in total. The lowest BCUT2D eigenvalue weighted by Gasteiger charge is -2.37. The number of piperidine rings is 1. The van der Waals surface area contributed by atoms with Crippen LogP contribution in [0.5, 0.6) is 0 Å². The zero-order valence-electron chi connectivity index (χ0n) is 9.97. The first-order valence-corrected chi connectivity index (χ1v) is 6.07. The van der Waals surface area contributed by atoms with E-state index in [-0.39, 0.29) is 0 Å². The molecule has 1 heterocycles. The number of benzene rings is 1. The van der Waals surface area contributed by atoms with Crippen molar-refractivity contribution in [3.8, 4) is 6.07 Å². The molecule has 1 aromatic carbocycles. The van der Waals surface area contributed by atoms with Crippen molar-refractivity contribution in [2.45, 2.75) is 24.9 Å². The van der Waals surface area contributed by atoms with E-state index < -0.39 is 5.60 Å². The van der Waals surface area contributed by atoms with Crippen molar-refractivity contribution in [3.05, 3.63) is 35.9 Å². The molecule has 1 aliphatic rings. The molecule has 1 saturated heterocycles. The summed E-state index contributed by atoms with van der Waals surface area (Å²) in [5, 5.41) is 19.1. The Hall–Kier alpha value is -1.37. The molecule has 0 aliphatic carbocycles. The van der Waals surface area contributed by atoms with Crippen LogP contribution in [-0.2, 0) is 6.42 Å². The Morgan fingerprint density at radius 3 is 2.47 bits per heavy atom. The van der Waals surface area contributed by atoms with Gasteiger partial charge in [-0.05, 0) is 18.4 Å². The number of hydrogen-bond acceptors (Lipinski definition) is 3. The highest BCUT2D eigenvalue weighted by Gasteiger charge is 2.32. The van der Waals surface area contributed by atoms with Gasteiger partial charge in [0.1, 0.15) is 0 Å². The Labute approximate surface area is 102 Å². The van der Waals surface area contributed by atoms with E-state index in [4.69, 9.17) is 5.26 Å². The Morgan fingerprint density at radius 2 is 1.88 bits per heavy atom. The molecule has 1 aliphatic heterocycles. The molecular weight excluding hydrogens is 212 g/mol. The third-order valence-electron chi connectivity index (χ3n) is 3.46. The molecular formula is C14H18N2O. The van der Waals surface area contributed by atoms with Crippen LogP contribution in [0.4, 0.5) is 0 Å². The third-order valence-corrected chi connectivity index (χ3v) is 3.46. The Bertz CT molecular complexity index is 388. The van der Waals surface area contributed by atoms with Gasteiger partial charge in [0, 0.05) is 19.5 Å². The number of hydrogen-bond donors (Lipinski definition) is 1. The van der Waals surface area contributed by atoms with Crippen LogP contribution in [0.1, 0.15) is 18.4 Å². The molecule has 2 rings (SSSR count). The van der Waals surface area contributed by atoms with Crippen LogP contribution in [0.3, 0.4) is 0 Å². The van der Waals surface area contributed by atoms with Crippen molar-refractivity contribution in [1.29, 1.82) is 5.26 Å². The Kier molecular flexibility index (Phi) is 3.78. The zero-order chi connectivity index (χ0) is 12.1. The fraction of sp³-hybridized carbons (Fsp3) is 0.500. The quantitative estimate of drug-likeness (QED) is 0.802. The molecule has 0 atom stereocenters. The maximum Gasteiger partial charge on any atom is 0.0866 e. The molecule has 1 N–H and O–H groups in total. The van der Waals surface area contributed by atoms with E-state index in [2.05, 4.69) is 23.1 Å². The zero-order valence-corrected chi connectivity index (χ0v) is 9.97. The van der Waals surface area contributed by atoms with Crippen molar-refractivity contribution in [2.75, 3.05) is 19.6 Å². The second kappa shape index (κ2) is 5.31. The molecule has 0 unspecified atom stereocenters. The summed E-state index contributed by atoms with van der Waals surface area (Å²) < 4.78 is 0. The average molecular weight is 230 g/mol. The topological polar surface area (TPSA) is 47.3 Å². The van der Waals surface area contributed by atoms with Gasteiger partial charge < -0.3 is 5.11 Å². The second-order valence-corrected chi connectivity index (χ2v) is 4.82. The first-order chi connectivity index (χ1) is 8.22. The van der Waals surface area contributed by atoms with E-state index >= 15 is 0 Å². The monoisotopic (exact) mass is 230 g/mol. The molecule has 0 radical (unpaired) electrons. The van der Waals surface area contributed by atoms with Crippen LogP contribution < -0.4 is 0 Å². The van der Waals surface area contributed by atoms with Crippen molar-refractivity contribution in [2.24, 2.45) is 0 Å². The Morgan fingerprint density at radius 1 is 1.24 bits per heavy atom. The number of likely N-dealkylation sites (tertiary alicyclic amines) is 1. The average Bonchev–Trinajstić information content (AvgIpc) is 2.34. The van der Waals surface area contributed by atoms with Gasteiger partial charge in [-0.2, -0.15) is 5.26 Å². The molecule has 0 bridgehead atoms. The maximum absolute atomic E-state index is 10.5. The molecule has 90 valence electrons. The van der Waals surface area contributed by atoms with E-state index in [1.807, 2.05) is 18.2 Å². The van der Waals surface area contributed by atoms with Crippen LogP contribution in [0, 0.1) is 11.3 Å². The third kappa shape index (κ3) is 3.29. The van der Waals surface area contributed by atoms with Gasteiger partial charge in [0.15, 0.2) is 0 Å². The van der Waals surface area contributed by atoms with Gasteiger partial charge in [-0.15, -0.1) is 0 Å². The summed E-state index contributed by atoms with van der Waals surface area (Å²) in [5.74, 6) is 0. The summed E-state index contributed by atoms with van der Waals surface area (Å²) in [6.07, 6.45) is 2.22. The summed E-state index contributed by atoms with van der Waals surface area (Å²) >= 11 is 0. The molecule has 17 heavy (non-hydrogen) atoms. The lowest BCUT2D eigenvalue weighted by Crippen LogP contribution is -2.45. The molecule has 3 heteroatoms. The first-order valence-electron chi connectivity index (χ1n) is 6.07. The van der Waals surface area contributed by atoms with Crippen molar-refractivity contribution < 1.29 is 5.11 Å². The Balaban J connectivity index is 1.92. The minimum absolute atomic E-state index is 0.474. The molecule has 1 fully saturated rings. The van der Waals surface area contributed by atoms with Gasteiger partial charge in [-0.25, -0.2) is 0 Å². The van der Waals surface area contributed by atoms with E-state index in [9.17, 15) is 5.11 Å². The minimum Gasteiger partial charge on any atom is -0.389 e. The van der Waals surface area contributed by atoms with Crippen molar-refractivity contribution in [3.63, 3.8) is 0 Å². The maximum atomic E-state index is 10.5. The number of aliphatic hydroxyl groups is 1. The van der Waals surface area contributed by atoms with Crippen LogP contribution in [0.15, 0.2) is 30.3 Å². The van der Waals surface area contributed by atoms with Gasteiger partial charge >= 0.3 is 0 Å². The largest absolute Gasteiger partial charge is 0.389 e. The lowest BCUT2D eigenvalue weighted by atomic mass is 9.85. The molecule has 1 aromatic rings. The van der Waals surface area contributed by atoms with E-state index in [1.165, 1.54) is 5.56 Å². The van der Waals surface area contributed by atoms with Crippen molar-refractivity contribution in [1.82, 2.24) is 4.90 Å². The summed E-state index contributed by atoms with van der Waals surface area (Å²) in [5.41, 5.74) is 0.594. The predicted molar refractivity (Wildman–Crippen MR) is 66.4 cm³/mol. The van der Waals surface area contributed by atoms with E-state index in [1.54, 1.807) is 0 Å². The standard InChI is InChI=1S/C14H18N2O/c15-8-11-16-9-6-14(17,7-10-16)12-13-4-2-1-3-5-13/h1-5,17H,6-7,9-12H2. The van der Waals surface area contributed by atoms with Gasteiger partial charge in [-0.1, -0.05) is 30.3 Å². The summed E-state index contributed by atoms with van der Waals surface area (Å²) in [6, 6.07) is 12.3. The fourth-order valence-corrected chi connectivity index (χ4v) is 2.38. The number of nitriles is 1. The predicted octanol–water partition coefficient (Wildman–Crippen LogP) is 1.58. The van der Waals surface area contributed by atoms with Gasteiger partial charge in [-0.3, -0.25) is 4.90 Å². The normalized spacial score (nSPS) is 19.8. The first kappa shape index (κ1) is 12.1. The van der Waals surface area contributed by atoms with Gasteiger partial charge in [0.05, 0.1) is 18.2 Å². The van der Waals surface area contributed by atoms with Crippen LogP contribution in [0.2, 0.25) is 0 Å². The highest BCUT2D eigenvalue weighted by molar-refractivity contribution is 5.17. The SMILES string of the molecule is N#CCN1CCC(O)(Cc2ccccc2)CC1. The molecule has 0 amide bonds. The van der Waals surface area contributed by atoms with Crippen LogP contribution in [-0.4, -0.2) is 35.2 Å². The molecule has 0 aromatic heterocycles. The van der Waals surface area contributed by atoms with Gasteiger partial charge in [0.2, 0.25) is 0 Å². The highest BCUT2D eigenvalue weighted by Crippen LogP contribution is 2.26. The van der Waals surface area contributed by atoms with E-state index in [0.29, 0.717) is 13.0 Å². The highest BCUT2D eigenvalue weighted by atomic mass is 16.3. The summed E-state index contributed by atoms with van der Waals surface area (Å²) in [4.78, 5) is 2.10. The van der Waals surface area contributed by atoms with Gasteiger partial charge in [0.25, 0.3) is 0 Å². The van der Waals surface area contributed by atoms with Crippen LogP contribution >= 0.6 is 0 Å². The van der Waals surface area contributed by atoms with Crippen LogP contribution in [0.25, 0.3) is 0 Å². The number of nitrogens with zero attached hydrogens (tertiary/aromatic N) is 2. The lowest BCUT2D eigenvalue weighted by molar-refractivity contribution is -0.0177. The second-order valence-electron chi connectivity index (χ2n) is 4.82. The minimum atomic E-state index is -0.590. The molecule has 0 spiro atoms. The number of rotatable bonds is 3. The fourth-order valence-electron chi connectivity index (χ4n) is 2.38. The summed E-state index contributed by atoms with van der Waals surface area (Å²) in [7, 11) is 0. The van der Waals surface area contributed by atoms with E-state index in [0.717, 1.165) is 25.9 Å². The van der Waals surface area contributed by atoms with Crippen molar-refractivity contribution >= 4 is 0 Å². The smallest absolute Gasteiger partial charge is 0.0866 e.